The molecule has 2 aliphatic heterocycles. The summed E-state index contributed by atoms with van der Waals surface area (Å²) in [7, 11) is 1.60. The van der Waals surface area contributed by atoms with Gasteiger partial charge >= 0.3 is 0 Å². The molecule has 0 spiro atoms. The molecule has 0 aliphatic carbocycles. The first-order valence-electron chi connectivity index (χ1n) is 9.74. The number of hydrogen-bond acceptors (Lipinski definition) is 5. The van der Waals surface area contributed by atoms with Crippen LogP contribution in [0, 0.1) is 0 Å². The molecule has 5 nitrogen and oxygen atoms in total. The number of hydrogen-bond donors (Lipinski definition) is 1. The van der Waals surface area contributed by atoms with Gasteiger partial charge in [-0.05, 0) is 50.6 Å². The zero-order valence-electron chi connectivity index (χ0n) is 16.3. The maximum absolute atomic E-state index is 12.9. The Kier molecular flexibility index (Phi) is 5.09. The summed E-state index contributed by atoms with van der Waals surface area (Å²) in [6.45, 7) is 3.77. The van der Waals surface area contributed by atoms with E-state index in [0.717, 1.165) is 24.9 Å². The molecule has 4 rings (SSSR count). The smallest absolute Gasteiger partial charge is 0.231 e. The molecule has 0 amide bonds. The van der Waals surface area contributed by atoms with Gasteiger partial charge in [0.2, 0.25) is 5.78 Å². The van der Waals surface area contributed by atoms with Crippen molar-refractivity contribution in [2.45, 2.75) is 38.8 Å². The summed E-state index contributed by atoms with van der Waals surface area (Å²) in [5.74, 6) is 1.39. The van der Waals surface area contributed by atoms with Crippen LogP contribution in [-0.2, 0) is 6.54 Å². The van der Waals surface area contributed by atoms with Crippen LogP contribution >= 0.6 is 0 Å². The van der Waals surface area contributed by atoms with Crippen LogP contribution in [0.1, 0.15) is 47.7 Å². The number of carbonyl (C=O) groups excluding carboxylic acids is 1. The van der Waals surface area contributed by atoms with Crippen LogP contribution in [-0.4, -0.2) is 35.5 Å². The van der Waals surface area contributed by atoms with E-state index >= 15 is 0 Å². The van der Waals surface area contributed by atoms with Crippen molar-refractivity contribution in [3.63, 3.8) is 0 Å². The second-order valence-electron chi connectivity index (χ2n) is 7.44. The van der Waals surface area contributed by atoms with Crippen LogP contribution in [0.25, 0.3) is 6.08 Å². The Morgan fingerprint density at radius 3 is 2.86 bits per heavy atom. The van der Waals surface area contributed by atoms with E-state index in [4.69, 9.17) is 9.47 Å². The number of allylic oxidation sites excluding steroid dienone is 1. The maximum atomic E-state index is 12.9. The molecule has 0 bridgehead atoms. The van der Waals surface area contributed by atoms with Crippen LogP contribution in [0.15, 0.2) is 42.2 Å². The molecule has 1 saturated heterocycles. The van der Waals surface area contributed by atoms with Crippen molar-refractivity contribution in [2.24, 2.45) is 0 Å². The number of carbonyl (C=O) groups is 1. The minimum atomic E-state index is -0.172. The molecule has 28 heavy (non-hydrogen) atoms. The Morgan fingerprint density at radius 1 is 1.25 bits per heavy atom. The summed E-state index contributed by atoms with van der Waals surface area (Å²) in [6, 6.07) is 11.2. The fraction of sp³-hybridized carbons (Fsp3) is 0.348. The van der Waals surface area contributed by atoms with Crippen LogP contribution in [0.3, 0.4) is 0 Å². The minimum absolute atomic E-state index is 0.169. The Balaban J connectivity index is 1.68. The predicted octanol–water partition coefficient (Wildman–Crippen LogP) is 4.39. The highest BCUT2D eigenvalue weighted by atomic mass is 16.5. The van der Waals surface area contributed by atoms with Crippen molar-refractivity contribution in [1.82, 2.24) is 4.90 Å². The number of rotatable bonds is 4. The van der Waals surface area contributed by atoms with E-state index in [1.165, 1.54) is 6.42 Å². The largest absolute Gasteiger partial charge is 0.507 e. The molecule has 2 heterocycles. The molecular formula is C23H25NO4. The van der Waals surface area contributed by atoms with Gasteiger partial charge in [-0.25, -0.2) is 0 Å². The standard InChI is InChI=1S/C23H25NO4/c1-15-7-5-6-12-24(15)14-18-19(25)11-10-17-22(26)21(28-23(17)18)13-16-8-3-4-9-20(16)27-2/h3-4,8-11,13,15,25H,5-7,12,14H2,1-2H3/b21-13-/t15-/m0/s1. The summed E-state index contributed by atoms with van der Waals surface area (Å²) in [5, 5.41) is 10.5. The normalized spacial score (nSPS) is 20.9. The molecule has 0 saturated carbocycles. The van der Waals surface area contributed by atoms with Gasteiger partial charge in [0, 0.05) is 18.2 Å². The Bertz CT molecular complexity index is 934. The topological polar surface area (TPSA) is 59.0 Å². The first-order valence-corrected chi connectivity index (χ1v) is 9.74. The summed E-state index contributed by atoms with van der Waals surface area (Å²) < 4.78 is 11.3. The Labute approximate surface area is 165 Å². The molecule has 146 valence electrons. The van der Waals surface area contributed by atoms with E-state index in [9.17, 15) is 9.90 Å². The summed E-state index contributed by atoms with van der Waals surface area (Å²) in [6.07, 6.45) is 5.23. The fourth-order valence-electron chi connectivity index (χ4n) is 3.97. The third kappa shape index (κ3) is 3.38. The van der Waals surface area contributed by atoms with Gasteiger partial charge in [0.25, 0.3) is 0 Å². The number of ether oxygens (including phenoxy) is 2. The van der Waals surface area contributed by atoms with Gasteiger partial charge in [0.15, 0.2) is 5.76 Å². The van der Waals surface area contributed by atoms with E-state index in [2.05, 4.69) is 11.8 Å². The SMILES string of the molecule is COc1ccccc1/C=C1\Oc2c(ccc(O)c2CN2CCCC[C@@H]2C)C1=O. The lowest BCUT2D eigenvalue weighted by Crippen LogP contribution is -2.36. The van der Waals surface area contributed by atoms with Gasteiger partial charge in [-0.15, -0.1) is 0 Å². The average molecular weight is 379 g/mol. The number of benzene rings is 2. The van der Waals surface area contributed by atoms with Crippen LogP contribution in [0.5, 0.6) is 17.2 Å². The highest BCUT2D eigenvalue weighted by molar-refractivity contribution is 6.15. The minimum Gasteiger partial charge on any atom is -0.507 e. The summed E-state index contributed by atoms with van der Waals surface area (Å²) in [5.41, 5.74) is 1.96. The number of piperidine rings is 1. The van der Waals surface area contributed by atoms with Gasteiger partial charge in [0.1, 0.15) is 17.2 Å². The van der Waals surface area contributed by atoms with E-state index in [-0.39, 0.29) is 17.3 Å². The fourth-order valence-corrected chi connectivity index (χ4v) is 3.97. The number of ketones is 1. The number of phenols is 1. The van der Waals surface area contributed by atoms with Crippen molar-refractivity contribution < 1.29 is 19.4 Å². The van der Waals surface area contributed by atoms with E-state index in [1.807, 2.05) is 24.3 Å². The van der Waals surface area contributed by atoms with Crippen LogP contribution in [0.4, 0.5) is 0 Å². The monoisotopic (exact) mass is 379 g/mol. The van der Waals surface area contributed by atoms with Gasteiger partial charge in [-0.3, -0.25) is 9.69 Å². The first kappa shape index (κ1) is 18.6. The Morgan fingerprint density at radius 2 is 2.07 bits per heavy atom. The average Bonchev–Trinajstić information content (AvgIpc) is 3.02. The lowest BCUT2D eigenvalue weighted by molar-refractivity contribution is 0.101. The molecule has 2 aliphatic rings. The van der Waals surface area contributed by atoms with Gasteiger partial charge in [-0.1, -0.05) is 24.6 Å². The molecule has 0 unspecified atom stereocenters. The number of nitrogens with zero attached hydrogens (tertiary/aromatic N) is 1. The molecule has 1 atom stereocenters. The third-order valence-corrected chi connectivity index (χ3v) is 5.64. The number of phenolic OH excluding ortho intramolecular Hbond substituents is 1. The number of likely N-dealkylation sites (tertiary alicyclic amines) is 1. The number of methoxy groups -OCH3 is 1. The van der Waals surface area contributed by atoms with Crippen molar-refractivity contribution in [3.05, 3.63) is 58.8 Å². The second-order valence-corrected chi connectivity index (χ2v) is 7.44. The molecule has 1 N–H and O–H groups in total. The zero-order chi connectivity index (χ0) is 19.7. The van der Waals surface area contributed by atoms with Crippen molar-refractivity contribution in [3.8, 4) is 17.2 Å². The molecule has 0 aromatic heterocycles. The van der Waals surface area contributed by atoms with Crippen molar-refractivity contribution in [2.75, 3.05) is 13.7 Å². The predicted molar refractivity (Wildman–Crippen MR) is 108 cm³/mol. The number of Topliss-reactive ketones (excluding diaryl/α,β-unsaturated/α-hetero) is 1. The lowest BCUT2D eigenvalue weighted by Gasteiger charge is -2.33. The molecule has 2 aromatic carbocycles. The van der Waals surface area contributed by atoms with Gasteiger partial charge in [0.05, 0.1) is 18.2 Å². The molecule has 1 fully saturated rings. The maximum Gasteiger partial charge on any atom is 0.231 e. The quantitative estimate of drug-likeness (QED) is 0.799. The van der Waals surface area contributed by atoms with Gasteiger partial charge in [-0.2, -0.15) is 0 Å². The van der Waals surface area contributed by atoms with E-state index < -0.39 is 0 Å². The highest BCUT2D eigenvalue weighted by Crippen LogP contribution is 2.41. The second kappa shape index (κ2) is 7.68. The molecular weight excluding hydrogens is 354 g/mol. The third-order valence-electron chi connectivity index (χ3n) is 5.64. The number of fused-ring (bicyclic) bond motifs is 1. The lowest BCUT2D eigenvalue weighted by atomic mass is 10.0. The molecule has 0 radical (unpaired) electrons. The summed E-state index contributed by atoms with van der Waals surface area (Å²) >= 11 is 0. The van der Waals surface area contributed by atoms with Crippen LogP contribution in [0.2, 0.25) is 0 Å². The van der Waals surface area contributed by atoms with E-state index in [1.54, 1.807) is 25.3 Å². The first-order chi connectivity index (χ1) is 13.6. The molecule has 2 aromatic rings. The molecule has 5 heteroatoms. The van der Waals surface area contributed by atoms with E-state index in [0.29, 0.717) is 35.2 Å². The van der Waals surface area contributed by atoms with Gasteiger partial charge < -0.3 is 14.6 Å². The Hall–Kier alpha value is -2.79. The number of aromatic hydroxyl groups is 1. The van der Waals surface area contributed by atoms with Crippen molar-refractivity contribution >= 4 is 11.9 Å². The van der Waals surface area contributed by atoms with Crippen molar-refractivity contribution in [1.29, 1.82) is 0 Å². The van der Waals surface area contributed by atoms with Crippen LogP contribution < -0.4 is 9.47 Å². The number of para-hydroxylation sites is 1. The zero-order valence-corrected chi connectivity index (χ0v) is 16.3. The highest BCUT2D eigenvalue weighted by Gasteiger charge is 2.32. The summed E-state index contributed by atoms with van der Waals surface area (Å²) in [4.78, 5) is 15.2.